The van der Waals surface area contributed by atoms with Gasteiger partial charge in [-0.15, -0.1) is 0 Å². The number of hydrogen-bond acceptors (Lipinski definition) is 4. The van der Waals surface area contributed by atoms with Crippen LogP contribution in [0.25, 0.3) is 0 Å². The van der Waals surface area contributed by atoms with Crippen LogP contribution < -0.4 is 5.32 Å². The fourth-order valence-corrected chi connectivity index (χ4v) is 2.67. The first-order valence-electron chi connectivity index (χ1n) is 6.62. The lowest BCUT2D eigenvalue weighted by molar-refractivity contribution is -0.117. The van der Waals surface area contributed by atoms with Gasteiger partial charge in [0.1, 0.15) is 0 Å². The molecule has 0 saturated carbocycles. The van der Waals surface area contributed by atoms with Gasteiger partial charge in [-0.3, -0.25) is 9.69 Å². The molecule has 0 fully saturated rings. The van der Waals surface area contributed by atoms with Crippen molar-refractivity contribution in [1.82, 2.24) is 4.90 Å². The van der Waals surface area contributed by atoms with Crippen molar-refractivity contribution < 1.29 is 14.3 Å². The van der Waals surface area contributed by atoms with Crippen molar-refractivity contribution in [3.05, 3.63) is 27.2 Å². The maximum absolute atomic E-state index is 12.2. The third kappa shape index (κ3) is 6.69. The van der Waals surface area contributed by atoms with Crippen LogP contribution >= 0.6 is 34.8 Å². The Hall–Kier alpha value is -0.560. The van der Waals surface area contributed by atoms with Crippen LogP contribution in [0.2, 0.25) is 15.1 Å². The molecule has 1 aromatic rings. The lowest BCUT2D eigenvalue weighted by Gasteiger charge is -2.21. The molecular formula is C14H19Cl3N2O3. The molecule has 22 heavy (non-hydrogen) atoms. The Morgan fingerprint density at radius 1 is 1.09 bits per heavy atom. The number of carbonyl (C=O) groups excluding carboxylic acids is 1. The van der Waals surface area contributed by atoms with Crippen molar-refractivity contribution >= 4 is 46.4 Å². The largest absolute Gasteiger partial charge is 0.383 e. The van der Waals surface area contributed by atoms with Gasteiger partial charge in [-0.2, -0.15) is 0 Å². The molecule has 0 atom stereocenters. The van der Waals surface area contributed by atoms with Crippen molar-refractivity contribution in [3.8, 4) is 0 Å². The number of nitrogens with one attached hydrogen (secondary N) is 1. The van der Waals surface area contributed by atoms with Crippen LogP contribution in [0.4, 0.5) is 5.69 Å². The fourth-order valence-electron chi connectivity index (χ4n) is 1.75. The van der Waals surface area contributed by atoms with E-state index in [1.807, 2.05) is 4.90 Å². The van der Waals surface area contributed by atoms with Crippen molar-refractivity contribution in [3.63, 3.8) is 0 Å². The Kier molecular flexibility index (Phi) is 9.09. The normalized spacial score (nSPS) is 11.0. The van der Waals surface area contributed by atoms with Crippen LogP contribution in [0.1, 0.15) is 0 Å². The van der Waals surface area contributed by atoms with Gasteiger partial charge in [-0.1, -0.05) is 34.8 Å². The monoisotopic (exact) mass is 368 g/mol. The Labute approximate surface area is 145 Å². The quantitative estimate of drug-likeness (QED) is 0.726. The minimum Gasteiger partial charge on any atom is -0.383 e. The van der Waals surface area contributed by atoms with Gasteiger partial charge in [0.05, 0.1) is 35.5 Å². The van der Waals surface area contributed by atoms with Crippen LogP contribution in [0, 0.1) is 0 Å². The molecule has 0 heterocycles. The first-order valence-corrected chi connectivity index (χ1v) is 7.76. The Morgan fingerprint density at radius 3 is 2.05 bits per heavy atom. The van der Waals surface area contributed by atoms with Crippen LogP contribution in [-0.4, -0.2) is 57.9 Å². The van der Waals surface area contributed by atoms with Crippen LogP contribution in [0.15, 0.2) is 12.1 Å². The topological polar surface area (TPSA) is 50.8 Å². The first-order chi connectivity index (χ1) is 10.5. The molecule has 0 aliphatic carbocycles. The second-order valence-corrected chi connectivity index (χ2v) is 5.81. The van der Waals surface area contributed by atoms with Gasteiger partial charge in [-0.05, 0) is 12.1 Å². The van der Waals surface area contributed by atoms with Gasteiger partial charge in [0.2, 0.25) is 5.91 Å². The highest BCUT2D eigenvalue weighted by Gasteiger charge is 2.14. The summed E-state index contributed by atoms with van der Waals surface area (Å²) >= 11 is 17.9. The third-order valence-corrected chi connectivity index (χ3v) is 3.68. The second-order valence-electron chi connectivity index (χ2n) is 4.55. The number of anilines is 1. The molecule has 0 spiro atoms. The van der Waals surface area contributed by atoms with Gasteiger partial charge in [0.15, 0.2) is 0 Å². The average Bonchev–Trinajstić information content (AvgIpc) is 2.45. The zero-order valence-electron chi connectivity index (χ0n) is 12.5. The summed E-state index contributed by atoms with van der Waals surface area (Å²) in [5.41, 5.74) is 0.358. The molecular weight excluding hydrogens is 351 g/mol. The summed E-state index contributed by atoms with van der Waals surface area (Å²) in [4.78, 5) is 14.1. The predicted molar refractivity (Wildman–Crippen MR) is 90.3 cm³/mol. The van der Waals surface area contributed by atoms with Crippen LogP contribution in [0.5, 0.6) is 0 Å². The highest BCUT2D eigenvalue weighted by Crippen LogP contribution is 2.33. The van der Waals surface area contributed by atoms with E-state index >= 15 is 0 Å². The molecule has 8 heteroatoms. The molecule has 1 aromatic carbocycles. The molecule has 1 N–H and O–H groups in total. The molecule has 0 radical (unpaired) electrons. The van der Waals surface area contributed by atoms with E-state index in [1.165, 1.54) is 12.1 Å². The first kappa shape index (κ1) is 19.5. The maximum atomic E-state index is 12.2. The maximum Gasteiger partial charge on any atom is 0.238 e. The predicted octanol–water partition coefficient (Wildman–Crippen LogP) is 3.18. The molecule has 0 bridgehead atoms. The highest BCUT2D eigenvalue weighted by molar-refractivity contribution is 6.42. The number of hydrogen-bond donors (Lipinski definition) is 1. The van der Waals surface area contributed by atoms with Crippen molar-refractivity contribution in [2.45, 2.75) is 0 Å². The van der Waals surface area contributed by atoms with Crippen molar-refractivity contribution in [2.24, 2.45) is 0 Å². The number of benzene rings is 1. The summed E-state index contributed by atoms with van der Waals surface area (Å²) in [7, 11) is 3.23. The molecule has 0 aliphatic rings. The zero-order chi connectivity index (χ0) is 16.5. The van der Waals surface area contributed by atoms with Gasteiger partial charge in [0.25, 0.3) is 0 Å². The number of amides is 1. The van der Waals surface area contributed by atoms with Gasteiger partial charge < -0.3 is 14.8 Å². The highest BCUT2D eigenvalue weighted by atomic mass is 35.5. The van der Waals surface area contributed by atoms with Gasteiger partial charge >= 0.3 is 0 Å². The van der Waals surface area contributed by atoms with E-state index < -0.39 is 0 Å². The molecule has 1 amide bonds. The number of carbonyl (C=O) groups is 1. The van der Waals surface area contributed by atoms with E-state index in [9.17, 15) is 4.79 Å². The number of halogens is 3. The molecule has 124 valence electrons. The summed E-state index contributed by atoms with van der Waals surface area (Å²) in [5, 5.41) is 3.71. The minimum atomic E-state index is -0.224. The Morgan fingerprint density at radius 2 is 1.59 bits per heavy atom. The standard InChI is InChI=1S/C14H19Cl3N2O3/c1-21-5-3-19(4-6-22-2)9-13(20)18-14-11(16)7-10(15)8-12(14)17/h7-8H,3-6,9H2,1-2H3,(H,18,20). The summed E-state index contributed by atoms with van der Waals surface area (Å²) in [6.45, 7) is 2.48. The lowest BCUT2D eigenvalue weighted by Crippen LogP contribution is -2.37. The number of rotatable bonds is 9. The third-order valence-electron chi connectivity index (χ3n) is 2.86. The molecule has 0 saturated heterocycles. The fraction of sp³-hybridized carbons (Fsp3) is 0.500. The van der Waals surface area contributed by atoms with E-state index in [-0.39, 0.29) is 12.5 Å². The molecule has 0 unspecified atom stereocenters. The van der Waals surface area contributed by atoms with E-state index in [0.717, 1.165) is 0 Å². The number of nitrogens with zero attached hydrogens (tertiary/aromatic N) is 1. The van der Waals surface area contributed by atoms with Gasteiger partial charge in [0, 0.05) is 32.3 Å². The van der Waals surface area contributed by atoms with E-state index in [4.69, 9.17) is 44.3 Å². The molecule has 1 rings (SSSR count). The van der Waals surface area contributed by atoms with E-state index in [1.54, 1.807) is 14.2 Å². The summed E-state index contributed by atoms with van der Waals surface area (Å²) in [6, 6.07) is 3.05. The number of methoxy groups -OCH3 is 2. The average molecular weight is 370 g/mol. The van der Waals surface area contributed by atoms with Crippen LogP contribution in [-0.2, 0) is 14.3 Å². The number of ether oxygens (including phenoxy) is 2. The minimum absolute atomic E-state index is 0.183. The smallest absolute Gasteiger partial charge is 0.238 e. The zero-order valence-corrected chi connectivity index (χ0v) is 14.8. The molecule has 5 nitrogen and oxygen atoms in total. The van der Waals surface area contributed by atoms with E-state index in [2.05, 4.69) is 5.32 Å². The Balaban J connectivity index is 2.66. The van der Waals surface area contributed by atoms with E-state index in [0.29, 0.717) is 47.1 Å². The summed E-state index contributed by atoms with van der Waals surface area (Å²) < 4.78 is 10.1. The Bertz CT molecular complexity index is 469. The molecule has 0 aliphatic heterocycles. The SMILES string of the molecule is COCCN(CCOC)CC(=O)Nc1c(Cl)cc(Cl)cc1Cl. The summed E-state index contributed by atoms with van der Waals surface area (Å²) in [5.74, 6) is -0.224. The van der Waals surface area contributed by atoms with Crippen molar-refractivity contribution in [1.29, 1.82) is 0 Å². The summed E-state index contributed by atoms with van der Waals surface area (Å²) in [6.07, 6.45) is 0. The van der Waals surface area contributed by atoms with Crippen LogP contribution in [0.3, 0.4) is 0 Å². The molecule has 0 aromatic heterocycles. The lowest BCUT2D eigenvalue weighted by atomic mass is 10.3. The van der Waals surface area contributed by atoms with Gasteiger partial charge in [-0.25, -0.2) is 0 Å². The van der Waals surface area contributed by atoms with Crippen molar-refractivity contribution in [2.75, 3.05) is 52.4 Å². The second kappa shape index (κ2) is 10.3.